The molecule has 0 spiro atoms. The first-order valence-corrected chi connectivity index (χ1v) is 11.7. The number of anilines is 2. The van der Waals surface area contributed by atoms with Crippen LogP contribution in [0.2, 0.25) is 0 Å². The second-order valence-corrected chi connectivity index (χ2v) is 8.08. The van der Waals surface area contributed by atoms with Crippen LogP contribution in [0.3, 0.4) is 0 Å². The van der Waals surface area contributed by atoms with Crippen LogP contribution >= 0.6 is 11.3 Å². The third kappa shape index (κ3) is 6.78. The summed E-state index contributed by atoms with van der Waals surface area (Å²) in [4.78, 5) is 39.3. The van der Waals surface area contributed by atoms with Gasteiger partial charge in [-0.25, -0.2) is 0 Å². The highest BCUT2D eigenvalue weighted by atomic mass is 32.1. The first kappa shape index (κ1) is 25.8. The lowest BCUT2D eigenvalue weighted by Gasteiger charge is -2.17. The minimum Gasteiger partial charge on any atom is -0.360 e. The largest absolute Gasteiger partial charge is 0.360 e. The van der Waals surface area contributed by atoms with Crippen molar-refractivity contribution in [1.29, 1.82) is 5.26 Å². The van der Waals surface area contributed by atoms with Crippen LogP contribution in [0.15, 0.2) is 29.1 Å². The summed E-state index contributed by atoms with van der Waals surface area (Å²) in [7, 11) is 0. The van der Waals surface area contributed by atoms with Crippen molar-refractivity contribution in [3.63, 3.8) is 0 Å². The van der Waals surface area contributed by atoms with Crippen LogP contribution in [0.25, 0.3) is 11.8 Å². The van der Waals surface area contributed by atoms with Crippen LogP contribution in [0.4, 0.5) is 11.4 Å². The van der Waals surface area contributed by atoms with Crippen molar-refractivity contribution in [2.75, 3.05) is 36.8 Å². The van der Waals surface area contributed by atoms with Gasteiger partial charge in [-0.1, -0.05) is 19.9 Å². The molecule has 1 aromatic carbocycles. The topological polar surface area (TPSA) is 119 Å². The number of carbonyl (C=O) groups excluding carboxylic acids is 2. The van der Waals surface area contributed by atoms with Gasteiger partial charge in [-0.3, -0.25) is 23.9 Å². The lowest BCUT2D eigenvalue weighted by atomic mass is 10.2. The number of nitrogens with zero attached hydrogens (tertiary/aromatic N) is 3. The van der Waals surface area contributed by atoms with Gasteiger partial charge in [0.05, 0.1) is 6.54 Å². The van der Waals surface area contributed by atoms with E-state index in [1.807, 2.05) is 30.9 Å². The number of hydrogen-bond donors (Lipinski definition) is 3. The first-order chi connectivity index (χ1) is 15.9. The maximum absolute atomic E-state index is 12.8. The van der Waals surface area contributed by atoms with Gasteiger partial charge in [0.25, 0.3) is 11.5 Å². The van der Waals surface area contributed by atoms with Gasteiger partial charge in [-0.2, -0.15) is 5.26 Å². The van der Waals surface area contributed by atoms with Crippen LogP contribution in [-0.2, 0) is 16.1 Å². The molecule has 10 heteroatoms. The molecule has 33 heavy (non-hydrogen) atoms. The number of thiazole rings is 1. The zero-order valence-corrected chi connectivity index (χ0v) is 20.2. The summed E-state index contributed by atoms with van der Waals surface area (Å²) >= 11 is 1.08. The molecule has 0 atom stereocenters. The van der Waals surface area contributed by atoms with Gasteiger partial charge < -0.3 is 16.0 Å². The molecule has 1 aromatic heterocycles. The fraction of sp³-hybridized carbons (Fsp3) is 0.391. The Morgan fingerprint density at radius 3 is 2.48 bits per heavy atom. The van der Waals surface area contributed by atoms with Crippen molar-refractivity contribution in [3.8, 4) is 6.07 Å². The third-order valence-corrected chi connectivity index (χ3v) is 6.02. The molecule has 2 amide bonds. The molecule has 0 radical (unpaired) electrons. The quantitative estimate of drug-likeness (QED) is 0.474. The van der Waals surface area contributed by atoms with E-state index in [1.165, 1.54) is 4.57 Å². The molecule has 0 aliphatic carbocycles. The van der Waals surface area contributed by atoms with Gasteiger partial charge in [-0.05, 0) is 45.1 Å². The van der Waals surface area contributed by atoms with E-state index in [4.69, 9.17) is 0 Å². The zero-order chi connectivity index (χ0) is 24.4. The molecule has 176 valence electrons. The lowest BCUT2D eigenvalue weighted by Crippen LogP contribution is -2.34. The molecule has 0 aliphatic rings. The van der Waals surface area contributed by atoms with Crippen molar-refractivity contribution in [2.45, 2.75) is 34.2 Å². The average Bonchev–Trinajstić information content (AvgIpc) is 3.11. The van der Waals surface area contributed by atoms with E-state index in [0.29, 0.717) is 40.2 Å². The predicted octanol–water partition coefficient (Wildman–Crippen LogP) is 0.870. The number of aromatic nitrogens is 1. The maximum Gasteiger partial charge on any atom is 0.270 e. The van der Waals surface area contributed by atoms with E-state index in [1.54, 1.807) is 38.2 Å². The molecular weight excluding hydrogens is 440 g/mol. The second-order valence-electron chi connectivity index (χ2n) is 7.05. The lowest BCUT2D eigenvalue weighted by molar-refractivity contribution is -0.117. The number of nitriles is 1. The first-order valence-electron chi connectivity index (χ1n) is 10.9. The monoisotopic (exact) mass is 470 g/mol. The van der Waals surface area contributed by atoms with Crippen molar-refractivity contribution in [3.05, 3.63) is 43.8 Å². The molecule has 0 fully saturated rings. The van der Waals surface area contributed by atoms with E-state index in [-0.39, 0.29) is 17.0 Å². The van der Waals surface area contributed by atoms with Crippen molar-refractivity contribution >= 4 is 46.3 Å². The minimum atomic E-state index is -0.504. The highest BCUT2D eigenvalue weighted by molar-refractivity contribution is 7.07. The fourth-order valence-corrected chi connectivity index (χ4v) is 4.21. The van der Waals surface area contributed by atoms with E-state index in [0.717, 1.165) is 24.4 Å². The summed E-state index contributed by atoms with van der Waals surface area (Å²) in [6, 6.07) is 9.08. The van der Waals surface area contributed by atoms with Crippen molar-refractivity contribution in [1.82, 2.24) is 14.8 Å². The molecule has 0 saturated carbocycles. The Morgan fingerprint density at radius 2 is 1.88 bits per heavy atom. The molecule has 2 rings (SSSR count). The fourth-order valence-electron chi connectivity index (χ4n) is 3.12. The molecule has 9 nitrogen and oxygen atoms in total. The number of hydrogen-bond acceptors (Lipinski definition) is 7. The van der Waals surface area contributed by atoms with Gasteiger partial charge >= 0.3 is 0 Å². The summed E-state index contributed by atoms with van der Waals surface area (Å²) in [6.07, 6.45) is 1.55. The molecule has 2 aromatic rings. The van der Waals surface area contributed by atoms with E-state index >= 15 is 0 Å². The Bertz CT molecular complexity index is 1200. The molecule has 0 saturated heterocycles. The SMILES string of the molecule is CCNC(=O)/C(C#N)=c1\s/c(=C/Nc2cccc(NC(=O)CN(CC)CC)c2)c(=O)n1CC. The Morgan fingerprint density at radius 1 is 1.18 bits per heavy atom. The Hall–Kier alpha value is -3.42. The van der Waals surface area contributed by atoms with Gasteiger partial charge in [0.2, 0.25) is 5.91 Å². The second kappa shape index (κ2) is 12.6. The van der Waals surface area contributed by atoms with E-state index in [9.17, 15) is 19.6 Å². The van der Waals surface area contributed by atoms with Crippen LogP contribution in [0.5, 0.6) is 0 Å². The normalized spacial score (nSPS) is 12.3. The Labute approximate surface area is 197 Å². The number of rotatable bonds is 10. The summed E-state index contributed by atoms with van der Waals surface area (Å²) < 4.78 is 2.09. The smallest absolute Gasteiger partial charge is 0.270 e. The summed E-state index contributed by atoms with van der Waals surface area (Å²) in [5, 5.41) is 18.0. The number of nitrogens with one attached hydrogen (secondary N) is 3. The Kier molecular flexibility index (Phi) is 9.84. The van der Waals surface area contributed by atoms with Crippen LogP contribution in [0, 0.1) is 11.3 Å². The highest BCUT2D eigenvalue weighted by Crippen LogP contribution is 2.15. The zero-order valence-electron chi connectivity index (χ0n) is 19.4. The average molecular weight is 471 g/mol. The number of carbonyl (C=O) groups is 2. The predicted molar refractivity (Wildman–Crippen MR) is 132 cm³/mol. The number of amides is 2. The number of likely N-dealkylation sites (N-methyl/N-ethyl adjacent to an activating group) is 1. The molecular formula is C23H30N6O3S. The van der Waals surface area contributed by atoms with E-state index in [2.05, 4.69) is 16.0 Å². The summed E-state index contributed by atoms with van der Waals surface area (Å²) in [5.74, 6) is -0.602. The van der Waals surface area contributed by atoms with Crippen LogP contribution in [0.1, 0.15) is 27.7 Å². The summed E-state index contributed by atoms with van der Waals surface area (Å²) in [6.45, 7) is 10.2. The van der Waals surface area contributed by atoms with Gasteiger partial charge in [-0.15, -0.1) is 11.3 Å². The van der Waals surface area contributed by atoms with E-state index < -0.39 is 5.91 Å². The molecule has 0 aliphatic heterocycles. The molecule has 0 unspecified atom stereocenters. The third-order valence-electron chi connectivity index (χ3n) is 4.89. The summed E-state index contributed by atoms with van der Waals surface area (Å²) in [5.41, 5.74) is 0.949. The standard InChI is InChI=1S/C23H30N6O3S/c1-5-25-21(31)18(13-24)23-29(8-4)22(32)19(33-23)14-26-16-10-9-11-17(12-16)27-20(30)15-28(6-2)7-3/h9-12,14,26H,5-8,15H2,1-4H3,(H,25,31)(H,27,30)/b19-14+,23-18-. The number of benzene rings is 1. The van der Waals surface area contributed by atoms with Gasteiger partial charge in [0.1, 0.15) is 15.3 Å². The molecule has 3 N–H and O–H groups in total. The molecule has 0 bridgehead atoms. The van der Waals surface area contributed by atoms with Crippen LogP contribution in [-0.4, -0.2) is 47.5 Å². The Balaban J connectivity index is 2.32. The minimum absolute atomic E-state index is 0.0848. The van der Waals surface area contributed by atoms with Gasteiger partial charge in [0, 0.05) is 30.7 Å². The highest BCUT2D eigenvalue weighted by Gasteiger charge is 2.14. The van der Waals surface area contributed by atoms with Crippen LogP contribution < -0.4 is 30.7 Å². The van der Waals surface area contributed by atoms with Crippen molar-refractivity contribution in [2.24, 2.45) is 0 Å². The van der Waals surface area contributed by atoms with Crippen molar-refractivity contribution < 1.29 is 9.59 Å². The molecule has 1 heterocycles. The maximum atomic E-state index is 12.8. The van der Waals surface area contributed by atoms with Gasteiger partial charge in [0.15, 0.2) is 5.57 Å².